The molecule has 0 radical (unpaired) electrons. The van der Waals surface area contributed by atoms with Crippen molar-refractivity contribution < 1.29 is 29.3 Å². The van der Waals surface area contributed by atoms with Crippen molar-refractivity contribution in [3.63, 3.8) is 0 Å². The van der Waals surface area contributed by atoms with E-state index in [9.17, 15) is 15.2 Å². The van der Waals surface area contributed by atoms with E-state index in [-0.39, 0.29) is 19.8 Å². The number of fused-ring (bicyclic) bond motifs is 1. The van der Waals surface area contributed by atoms with Gasteiger partial charge in [0, 0.05) is 16.9 Å². The molecule has 2 unspecified atom stereocenters. The number of aliphatic hydroxyl groups excluding tert-OH is 2. The first kappa shape index (κ1) is 14.1. The predicted molar refractivity (Wildman–Crippen MR) is 68.7 cm³/mol. The largest absolute Gasteiger partial charge is 0.454 e. The molecule has 2 aliphatic rings. The zero-order chi connectivity index (χ0) is 15.0. The van der Waals surface area contributed by atoms with Gasteiger partial charge in [0.25, 0.3) is 6.04 Å². The van der Waals surface area contributed by atoms with Crippen molar-refractivity contribution in [1.82, 2.24) is 0 Å². The molecule has 2 N–H and O–H groups in total. The number of ether oxygens (including phenoxy) is 3. The quantitative estimate of drug-likeness (QED) is 0.605. The third-order valence-corrected chi connectivity index (χ3v) is 3.75. The number of rotatable bonds is 4. The van der Waals surface area contributed by atoms with Crippen LogP contribution in [0.3, 0.4) is 0 Å². The summed E-state index contributed by atoms with van der Waals surface area (Å²) in [5, 5.41) is 30.2. The van der Waals surface area contributed by atoms with Crippen molar-refractivity contribution in [1.29, 1.82) is 0 Å². The third kappa shape index (κ3) is 2.53. The van der Waals surface area contributed by atoms with Gasteiger partial charge in [-0.15, -0.1) is 0 Å². The van der Waals surface area contributed by atoms with Gasteiger partial charge in [-0.1, -0.05) is 0 Å². The molecule has 0 aromatic heterocycles. The van der Waals surface area contributed by atoms with Crippen molar-refractivity contribution >= 4 is 0 Å². The second-order valence-electron chi connectivity index (χ2n) is 5.04. The van der Waals surface area contributed by atoms with E-state index < -0.39 is 29.3 Å². The summed E-state index contributed by atoms with van der Waals surface area (Å²) in [7, 11) is 0. The average molecular weight is 297 g/mol. The van der Waals surface area contributed by atoms with Gasteiger partial charge in [-0.3, -0.25) is 10.1 Å². The topological polar surface area (TPSA) is 111 Å². The minimum absolute atomic E-state index is 0.0904. The van der Waals surface area contributed by atoms with Crippen LogP contribution in [-0.2, 0) is 4.74 Å². The first-order chi connectivity index (χ1) is 10.1. The van der Waals surface area contributed by atoms with E-state index in [1.165, 1.54) is 0 Å². The lowest BCUT2D eigenvalue weighted by Crippen LogP contribution is -2.27. The molecule has 2 heterocycles. The number of hydrogen-bond donors (Lipinski definition) is 2. The van der Waals surface area contributed by atoms with Crippen molar-refractivity contribution in [3.8, 4) is 11.5 Å². The van der Waals surface area contributed by atoms with E-state index in [1.54, 1.807) is 18.2 Å². The highest BCUT2D eigenvalue weighted by Crippen LogP contribution is 2.38. The maximum atomic E-state index is 11.4. The molecule has 8 heteroatoms. The molecule has 21 heavy (non-hydrogen) atoms. The standard InChI is InChI=1S/C13H15NO7/c15-5-12-8(16)4-11(21-12)13(14(17)18)7-1-2-9-10(3-7)20-6-19-9/h1-3,8,11-13,15-16H,4-6H2/t8-,11?,12+,13?/m0/s1. The fourth-order valence-electron chi connectivity index (χ4n) is 2.70. The van der Waals surface area contributed by atoms with Crippen LogP contribution in [-0.4, -0.2) is 46.8 Å². The molecule has 1 saturated heterocycles. The van der Waals surface area contributed by atoms with Gasteiger partial charge < -0.3 is 24.4 Å². The summed E-state index contributed by atoms with van der Waals surface area (Å²) in [6.45, 7) is -0.281. The molecular formula is C13H15NO7. The minimum Gasteiger partial charge on any atom is -0.454 e. The Balaban J connectivity index is 1.87. The van der Waals surface area contributed by atoms with Crippen LogP contribution in [0, 0.1) is 10.1 Å². The molecule has 3 rings (SSSR count). The zero-order valence-corrected chi connectivity index (χ0v) is 11.0. The Labute approximate surface area is 120 Å². The Morgan fingerprint density at radius 3 is 2.81 bits per heavy atom. The molecule has 0 saturated carbocycles. The van der Waals surface area contributed by atoms with E-state index in [0.717, 1.165) is 0 Å². The maximum absolute atomic E-state index is 11.4. The second kappa shape index (κ2) is 5.47. The Morgan fingerprint density at radius 2 is 2.14 bits per heavy atom. The van der Waals surface area contributed by atoms with Gasteiger partial charge in [0.1, 0.15) is 12.2 Å². The van der Waals surface area contributed by atoms with Crippen molar-refractivity contribution in [3.05, 3.63) is 33.9 Å². The highest BCUT2D eigenvalue weighted by Gasteiger charge is 2.44. The number of hydrogen-bond acceptors (Lipinski definition) is 7. The fourth-order valence-corrected chi connectivity index (χ4v) is 2.70. The van der Waals surface area contributed by atoms with Gasteiger partial charge in [0.2, 0.25) is 6.79 Å². The van der Waals surface area contributed by atoms with Gasteiger partial charge in [-0.2, -0.15) is 0 Å². The highest BCUT2D eigenvalue weighted by atomic mass is 16.7. The minimum atomic E-state index is -1.13. The Hall–Kier alpha value is -1.90. The van der Waals surface area contributed by atoms with Crippen LogP contribution in [0.4, 0.5) is 0 Å². The molecule has 0 spiro atoms. The summed E-state index contributed by atoms with van der Waals surface area (Å²) >= 11 is 0. The van der Waals surface area contributed by atoms with Crippen molar-refractivity contribution in [2.45, 2.75) is 30.8 Å². The van der Waals surface area contributed by atoms with Gasteiger partial charge in [0.15, 0.2) is 11.5 Å². The molecule has 8 nitrogen and oxygen atoms in total. The Kier molecular flexibility index (Phi) is 3.66. The number of nitro groups is 1. The average Bonchev–Trinajstić information content (AvgIpc) is 3.04. The molecule has 2 aliphatic heterocycles. The lowest BCUT2D eigenvalue weighted by molar-refractivity contribution is -0.541. The van der Waals surface area contributed by atoms with Crippen LogP contribution in [0.1, 0.15) is 18.0 Å². The first-order valence-electron chi connectivity index (χ1n) is 6.57. The Bertz CT molecular complexity index is 549. The smallest absolute Gasteiger partial charge is 0.264 e. The van der Waals surface area contributed by atoms with Crippen molar-refractivity contribution in [2.75, 3.05) is 13.4 Å². The maximum Gasteiger partial charge on any atom is 0.264 e. The fraction of sp³-hybridized carbons (Fsp3) is 0.538. The summed E-state index contributed by atoms with van der Waals surface area (Å²) in [4.78, 5) is 10.9. The summed E-state index contributed by atoms with van der Waals surface area (Å²) < 4.78 is 15.8. The summed E-state index contributed by atoms with van der Waals surface area (Å²) in [6, 6.07) is 3.62. The molecule has 1 aromatic carbocycles. The van der Waals surface area contributed by atoms with Crippen LogP contribution in [0.5, 0.6) is 11.5 Å². The van der Waals surface area contributed by atoms with E-state index in [1.807, 2.05) is 0 Å². The molecule has 4 atom stereocenters. The first-order valence-corrected chi connectivity index (χ1v) is 6.57. The molecule has 1 aromatic rings. The Morgan fingerprint density at radius 1 is 1.38 bits per heavy atom. The molecular weight excluding hydrogens is 282 g/mol. The van der Waals surface area contributed by atoms with Crippen LogP contribution in [0.2, 0.25) is 0 Å². The summed E-state index contributed by atoms with van der Waals surface area (Å²) in [5.74, 6) is 0.998. The number of benzene rings is 1. The monoisotopic (exact) mass is 297 g/mol. The highest BCUT2D eigenvalue weighted by molar-refractivity contribution is 5.45. The molecule has 114 valence electrons. The van der Waals surface area contributed by atoms with Crippen molar-refractivity contribution in [2.24, 2.45) is 0 Å². The molecule has 1 fully saturated rings. The van der Waals surface area contributed by atoms with Gasteiger partial charge in [-0.25, -0.2) is 0 Å². The number of aliphatic hydroxyl groups is 2. The van der Waals surface area contributed by atoms with Crippen LogP contribution in [0.15, 0.2) is 18.2 Å². The molecule has 0 aliphatic carbocycles. The summed E-state index contributed by atoms with van der Waals surface area (Å²) in [6.07, 6.45) is -2.39. The van der Waals surface area contributed by atoms with Gasteiger partial charge in [-0.05, 0) is 18.2 Å². The second-order valence-corrected chi connectivity index (χ2v) is 5.04. The third-order valence-electron chi connectivity index (χ3n) is 3.75. The van der Waals surface area contributed by atoms with E-state index in [2.05, 4.69) is 0 Å². The predicted octanol–water partition coefficient (Wildman–Crippen LogP) is 0.244. The molecule has 0 amide bonds. The van der Waals surface area contributed by atoms with Gasteiger partial charge in [0.05, 0.1) is 12.7 Å². The normalized spacial score (nSPS) is 28.6. The lowest BCUT2D eigenvalue weighted by Gasteiger charge is -2.17. The zero-order valence-electron chi connectivity index (χ0n) is 11.0. The van der Waals surface area contributed by atoms with Gasteiger partial charge >= 0.3 is 0 Å². The van der Waals surface area contributed by atoms with E-state index in [0.29, 0.717) is 17.1 Å². The van der Waals surface area contributed by atoms with Crippen LogP contribution in [0.25, 0.3) is 0 Å². The lowest BCUT2D eigenvalue weighted by atomic mass is 9.98. The van der Waals surface area contributed by atoms with E-state index >= 15 is 0 Å². The van der Waals surface area contributed by atoms with Crippen LogP contribution < -0.4 is 9.47 Å². The number of nitrogens with zero attached hydrogens (tertiary/aromatic N) is 1. The van der Waals surface area contributed by atoms with E-state index in [4.69, 9.17) is 19.3 Å². The SMILES string of the molecule is O=[N+]([O-])C(c1ccc2c(c1)OCO2)C1C[C@H](O)[C@@H](CO)O1. The molecule has 0 bridgehead atoms. The summed E-state index contributed by atoms with van der Waals surface area (Å²) in [5.41, 5.74) is 0.417. The van der Waals surface area contributed by atoms with Crippen LogP contribution >= 0.6 is 0 Å².